The molecule has 0 amide bonds. The van der Waals surface area contributed by atoms with Crippen molar-refractivity contribution in [2.24, 2.45) is 0 Å². The summed E-state index contributed by atoms with van der Waals surface area (Å²) in [5.41, 5.74) is 1.78. The Hall–Kier alpha value is -3.74. The third kappa shape index (κ3) is 2.29. The molecule has 128 valence electrons. The fourth-order valence-corrected chi connectivity index (χ4v) is 3.12. The van der Waals surface area contributed by atoms with Crippen LogP contribution in [-0.2, 0) is 4.74 Å². The molecule has 0 saturated carbocycles. The van der Waals surface area contributed by atoms with Gasteiger partial charge in [0.2, 0.25) is 0 Å². The molecule has 0 aliphatic carbocycles. The first kappa shape index (κ1) is 15.8. The van der Waals surface area contributed by atoms with Crippen LogP contribution in [0.1, 0.15) is 26.3 Å². The maximum absolute atomic E-state index is 12.1. The molecule has 0 bridgehead atoms. The summed E-state index contributed by atoms with van der Waals surface area (Å²) in [5, 5.41) is 15.5. The SMILES string of the molecule is Cc1ccccc1Nc1c([N+](=O)[O-])cc2c3c(cccc13)C(=O)OC2=O. The van der Waals surface area contributed by atoms with Crippen LogP contribution < -0.4 is 5.32 Å². The van der Waals surface area contributed by atoms with Gasteiger partial charge in [-0.15, -0.1) is 0 Å². The van der Waals surface area contributed by atoms with Crippen LogP contribution in [0.15, 0.2) is 48.5 Å². The average Bonchev–Trinajstić information content (AvgIpc) is 2.61. The molecule has 0 atom stereocenters. The van der Waals surface area contributed by atoms with E-state index in [9.17, 15) is 19.7 Å². The zero-order valence-electron chi connectivity index (χ0n) is 13.6. The third-order valence-electron chi connectivity index (χ3n) is 4.37. The average molecular weight is 348 g/mol. The number of nitro groups is 1. The molecule has 26 heavy (non-hydrogen) atoms. The highest BCUT2D eigenvalue weighted by atomic mass is 16.6. The highest BCUT2D eigenvalue weighted by Crippen LogP contribution is 2.41. The monoisotopic (exact) mass is 348 g/mol. The topological polar surface area (TPSA) is 98.5 Å². The van der Waals surface area contributed by atoms with E-state index in [1.807, 2.05) is 25.1 Å². The number of cyclic esters (lactones) is 2. The Morgan fingerprint density at radius 3 is 2.46 bits per heavy atom. The zero-order valence-corrected chi connectivity index (χ0v) is 13.6. The lowest BCUT2D eigenvalue weighted by Crippen LogP contribution is -2.20. The van der Waals surface area contributed by atoms with Gasteiger partial charge in [-0.1, -0.05) is 30.3 Å². The van der Waals surface area contributed by atoms with E-state index in [4.69, 9.17) is 4.74 Å². The van der Waals surface area contributed by atoms with Gasteiger partial charge >= 0.3 is 11.9 Å². The van der Waals surface area contributed by atoms with Gasteiger partial charge in [0.25, 0.3) is 5.69 Å². The van der Waals surface area contributed by atoms with Gasteiger partial charge in [0, 0.05) is 22.5 Å². The molecule has 3 aromatic rings. The van der Waals surface area contributed by atoms with Crippen molar-refractivity contribution in [2.75, 3.05) is 5.32 Å². The maximum atomic E-state index is 12.1. The molecule has 0 unspecified atom stereocenters. The van der Waals surface area contributed by atoms with Crippen molar-refractivity contribution in [3.05, 3.63) is 75.3 Å². The van der Waals surface area contributed by atoms with Crippen LogP contribution in [0.3, 0.4) is 0 Å². The minimum Gasteiger partial charge on any atom is -0.386 e. The number of rotatable bonds is 3. The second kappa shape index (κ2) is 5.66. The van der Waals surface area contributed by atoms with Crippen molar-refractivity contribution in [2.45, 2.75) is 6.92 Å². The molecule has 0 radical (unpaired) electrons. The van der Waals surface area contributed by atoms with E-state index in [0.717, 1.165) is 11.6 Å². The van der Waals surface area contributed by atoms with Gasteiger partial charge in [-0.05, 0) is 24.6 Å². The number of hydrogen-bond donors (Lipinski definition) is 1. The fourth-order valence-electron chi connectivity index (χ4n) is 3.12. The first-order valence-corrected chi connectivity index (χ1v) is 7.80. The molecule has 0 spiro atoms. The van der Waals surface area contributed by atoms with E-state index in [-0.39, 0.29) is 22.5 Å². The van der Waals surface area contributed by atoms with Crippen molar-refractivity contribution in [3.8, 4) is 0 Å². The molecule has 1 N–H and O–H groups in total. The number of nitrogens with zero attached hydrogens (tertiary/aromatic N) is 1. The van der Waals surface area contributed by atoms with E-state index in [2.05, 4.69) is 5.32 Å². The molecular weight excluding hydrogens is 336 g/mol. The highest BCUT2D eigenvalue weighted by molar-refractivity contribution is 6.23. The number of hydrogen-bond acceptors (Lipinski definition) is 6. The summed E-state index contributed by atoms with van der Waals surface area (Å²) < 4.78 is 4.69. The number of aryl methyl sites for hydroxylation is 1. The highest BCUT2D eigenvalue weighted by Gasteiger charge is 2.32. The Morgan fingerprint density at radius 1 is 1.00 bits per heavy atom. The van der Waals surface area contributed by atoms with Crippen molar-refractivity contribution >= 4 is 39.8 Å². The van der Waals surface area contributed by atoms with Gasteiger partial charge in [-0.2, -0.15) is 0 Å². The minimum absolute atomic E-state index is 0.0113. The lowest BCUT2D eigenvalue weighted by molar-refractivity contribution is -0.383. The van der Waals surface area contributed by atoms with Crippen molar-refractivity contribution in [1.29, 1.82) is 0 Å². The Morgan fingerprint density at radius 2 is 1.73 bits per heavy atom. The van der Waals surface area contributed by atoms with Crippen molar-refractivity contribution in [3.63, 3.8) is 0 Å². The third-order valence-corrected chi connectivity index (χ3v) is 4.37. The first-order valence-electron chi connectivity index (χ1n) is 7.80. The fraction of sp³-hybridized carbons (Fsp3) is 0.0526. The second-order valence-corrected chi connectivity index (χ2v) is 5.92. The summed E-state index contributed by atoms with van der Waals surface area (Å²) in [5.74, 6) is -1.65. The van der Waals surface area contributed by atoms with Gasteiger partial charge in [-0.3, -0.25) is 10.1 Å². The second-order valence-electron chi connectivity index (χ2n) is 5.92. The molecule has 4 rings (SSSR count). The van der Waals surface area contributed by atoms with Crippen LogP contribution in [0.5, 0.6) is 0 Å². The van der Waals surface area contributed by atoms with Crippen LogP contribution in [0.4, 0.5) is 17.1 Å². The number of nitrogens with one attached hydrogen (secondary N) is 1. The molecule has 7 heteroatoms. The number of benzene rings is 3. The van der Waals surface area contributed by atoms with Crippen LogP contribution in [0, 0.1) is 17.0 Å². The molecule has 1 heterocycles. The Balaban J connectivity index is 2.07. The molecule has 1 aliphatic heterocycles. The summed E-state index contributed by atoms with van der Waals surface area (Å²) in [6, 6.07) is 13.3. The Kier molecular flexibility index (Phi) is 3.43. The van der Waals surface area contributed by atoms with Gasteiger partial charge in [0.05, 0.1) is 16.1 Å². The summed E-state index contributed by atoms with van der Waals surface area (Å²) in [7, 11) is 0. The molecule has 3 aromatic carbocycles. The molecule has 1 aliphatic rings. The Labute approximate surface area is 147 Å². The molecule has 7 nitrogen and oxygen atoms in total. The number of carbonyl (C=O) groups excluding carboxylic acids is 2. The maximum Gasteiger partial charge on any atom is 0.346 e. The van der Waals surface area contributed by atoms with E-state index in [1.54, 1.807) is 18.2 Å². The summed E-state index contributed by atoms with van der Waals surface area (Å²) in [6.45, 7) is 1.88. The minimum atomic E-state index is -0.885. The molecule has 0 aromatic heterocycles. The quantitative estimate of drug-likeness (QED) is 0.331. The summed E-state index contributed by atoms with van der Waals surface area (Å²) >= 11 is 0. The van der Waals surface area contributed by atoms with Gasteiger partial charge in [-0.25, -0.2) is 9.59 Å². The van der Waals surface area contributed by atoms with Gasteiger partial charge in [0.15, 0.2) is 0 Å². The first-order chi connectivity index (χ1) is 12.5. The lowest BCUT2D eigenvalue weighted by Gasteiger charge is -2.18. The van der Waals surface area contributed by atoms with Crippen LogP contribution in [0.2, 0.25) is 0 Å². The number of para-hydroxylation sites is 1. The van der Waals surface area contributed by atoms with E-state index in [0.29, 0.717) is 16.5 Å². The van der Waals surface area contributed by atoms with E-state index >= 15 is 0 Å². The zero-order chi connectivity index (χ0) is 18.4. The normalized spacial score (nSPS) is 12.8. The van der Waals surface area contributed by atoms with Gasteiger partial charge in [0.1, 0.15) is 5.69 Å². The van der Waals surface area contributed by atoms with E-state index < -0.39 is 16.9 Å². The van der Waals surface area contributed by atoms with Gasteiger partial charge < -0.3 is 10.1 Å². The number of nitro benzene ring substituents is 1. The van der Waals surface area contributed by atoms with Crippen LogP contribution in [-0.4, -0.2) is 16.9 Å². The Bertz CT molecular complexity index is 1120. The largest absolute Gasteiger partial charge is 0.386 e. The standard InChI is InChI=1S/C19H12N2O5/c1-10-5-2-3-8-14(10)20-17-11-6-4-7-12-16(11)13(9-15(17)21(24)25)19(23)26-18(12)22/h2-9,20H,1H3. The molecular formula is C19H12N2O5. The summed E-state index contributed by atoms with van der Waals surface area (Å²) in [6.07, 6.45) is 0. The number of carbonyl (C=O) groups is 2. The lowest BCUT2D eigenvalue weighted by atomic mass is 9.94. The summed E-state index contributed by atoms with van der Waals surface area (Å²) in [4.78, 5) is 35.2. The predicted molar refractivity (Wildman–Crippen MR) is 94.8 cm³/mol. The smallest absolute Gasteiger partial charge is 0.346 e. The molecule has 0 saturated heterocycles. The van der Waals surface area contributed by atoms with E-state index in [1.165, 1.54) is 6.07 Å². The van der Waals surface area contributed by atoms with Crippen LogP contribution >= 0.6 is 0 Å². The van der Waals surface area contributed by atoms with Crippen LogP contribution in [0.25, 0.3) is 10.8 Å². The number of anilines is 2. The predicted octanol–water partition coefficient (Wildman–Crippen LogP) is 4.11. The number of esters is 2. The van der Waals surface area contributed by atoms with Crippen molar-refractivity contribution in [1.82, 2.24) is 0 Å². The molecule has 0 fully saturated rings. The number of ether oxygens (including phenoxy) is 1. The van der Waals surface area contributed by atoms with Crippen molar-refractivity contribution < 1.29 is 19.2 Å².